The normalized spacial score (nSPS) is 38.7. The molecule has 1 nitrogen and oxygen atoms in total. The monoisotopic (exact) mass is 283 g/mol. The van der Waals surface area contributed by atoms with Crippen LogP contribution < -0.4 is 5.32 Å². The highest BCUT2D eigenvalue weighted by Crippen LogP contribution is 2.61. The van der Waals surface area contributed by atoms with E-state index in [1.165, 1.54) is 30.4 Å². The summed E-state index contributed by atoms with van der Waals surface area (Å²) in [6, 6.07) is 9.48. The predicted octanol–water partition coefficient (Wildman–Crippen LogP) is 4.69. The lowest BCUT2D eigenvalue weighted by Crippen LogP contribution is -2.54. The zero-order chi connectivity index (χ0) is 14.4. The second kappa shape index (κ2) is 5.12. The third-order valence-corrected chi connectivity index (χ3v) is 6.86. The maximum atomic E-state index is 3.90. The minimum atomic E-state index is 0.622. The van der Waals surface area contributed by atoms with Crippen LogP contribution in [0.3, 0.4) is 0 Å². The number of rotatable bonds is 4. The third-order valence-electron chi connectivity index (χ3n) is 6.86. The van der Waals surface area contributed by atoms with Gasteiger partial charge in [-0.05, 0) is 86.7 Å². The van der Waals surface area contributed by atoms with Crippen LogP contribution in [0.25, 0.3) is 0 Å². The van der Waals surface area contributed by atoms with Crippen LogP contribution in [-0.2, 0) is 6.54 Å². The van der Waals surface area contributed by atoms with E-state index >= 15 is 0 Å². The number of hydrogen-bond donors (Lipinski definition) is 1. The number of hydrogen-bond acceptors (Lipinski definition) is 1. The van der Waals surface area contributed by atoms with Crippen LogP contribution in [0.4, 0.5) is 0 Å². The quantitative estimate of drug-likeness (QED) is 0.845. The molecule has 0 unspecified atom stereocenters. The van der Waals surface area contributed by atoms with Gasteiger partial charge in [-0.15, -0.1) is 0 Å². The van der Waals surface area contributed by atoms with E-state index in [4.69, 9.17) is 0 Å². The van der Waals surface area contributed by atoms with Crippen molar-refractivity contribution in [2.24, 2.45) is 23.2 Å². The summed E-state index contributed by atoms with van der Waals surface area (Å²) in [5, 5.41) is 3.90. The predicted molar refractivity (Wildman–Crippen MR) is 88.1 cm³/mol. The summed E-state index contributed by atoms with van der Waals surface area (Å²) >= 11 is 0. The summed E-state index contributed by atoms with van der Waals surface area (Å²) in [4.78, 5) is 0. The molecule has 1 atom stereocenters. The summed E-state index contributed by atoms with van der Waals surface area (Å²) in [5.74, 6) is 3.16. The van der Waals surface area contributed by atoms with E-state index in [-0.39, 0.29) is 0 Å². The zero-order valence-electron chi connectivity index (χ0n) is 13.6. The van der Waals surface area contributed by atoms with E-state index in [0.717, 1.165) is 24.3 Å². The van der Waals surface area contributed by atoms with Crippen molar-refractivity contribution in [3.8, 4) is 0 Å². The molecule has 4 aliphatic carbocycles. The molecule has 0 spiro atoms. The second-order valence-corrected chi connectivity index (χ2v) is 8.31. The van der Waals surface area contributed by atoms with Crippen molar-refractivity contribution in [1.29, 1.82) is 0 Å². The first-order valence-electron chi connectivity index (χ1n) is 8.92. The Kier molecular flexibility index (Phi) is 3.37. The average molecular weight is 283 g/mol. The molecule has 5 rings (SSSR count). The van der Waals surface area contributed by atoms with Gasteiger partial charge in [0, 0.05) is 12.6 Å². The highest BCUT2D eigenvalue weighted by Gasteiger charge is 2.52. The van der Waals surface area contributed by atoms with Gasteiger partial charge in [0.25, 0.3) is 0 Å². The maximum absolute atomic E-state index is 3.90. The van der Waals surface area contributed by atoms with Gasteiger partial charge in [0.05, 0.1) is 0 Å². The van der Waals surface area contributed by atoms with E-state index in [1.54, 1.807) is 19.3 Å². The van der Waals surface area contributed by atoms with Crippen molar-refractivity contribution in [3.05, 3.63) is 35.4 Å². The third kappa shape index (κ3) is 2.44. The highest BCUT2D eigenvalue weighted by molar-refractivity contribution is 5.25. The molecule has 1 aromatic rings. The lowest BCUT2D eigenvalue weighted by molar-refractivity contribution is -0.0706. The lowest BCUT2D eigenvalue weighted by atomic mass is 9.48. The van der Waals surface area contributed by atoms with Gasteiger partial charge in [-0.3, -0.25) is 0 Å². The first-order valence-corrected chi connectivity index (χ1v) is 8.92. The zero-order valence-corrected chi connectivity index (χ0v) is 13.6. The SMILES string of the molecule is Cc1ccccc1CN[C@H](C)C12CC3CC(CC(C3)C1)C2. The summed E-state index contributed by atoms with van der Waals surface area (Å²) in [6.07, 6.45) is 9.14. The van der Waals surface area contributed by atoms with Crippen LogP contribution in [0.2, 0.25) is 0 Å². The minimum Gasteiger partial charge on any atom is -0.310 e. The van der Waals surface area contributed by atoms with Gasteiger partial charge >= 0.3 is 0 Å². The van der Waals surface area contributed by atoms with E-state index in [2.05, 4.69) is 43.4 Å². The van der Waals surface area contributed by atoms with Crippen LogP contribution in [0, 0.1) is 30.1 Å². The standard InChI is InChI=1S/C20H29N/c1-14-5-3-4-6-19(14)13-21-15(2)20-10-16-7-17(11-20)9-18(8-16)12-20/h3-6,15-18,21H,7-13H2,1-2H3/t15-,16?,17?,18?,20?/m1/s1. The van der Waals surface area contributed by atoms with Gasteiger partial charge in [0.15, 0.2) is 0 Å². The molecule has 4 fully saturated rings. The molecule has 0 amide bonds. The van der Waals surface area contributed by atoms with E-state index < -0.39 is 0 Å². The topological polar surface area (TPSA) is 12.0 Å². The molecule has 0 saturated heterocycles. The number of nitrogens with one attached hydrogen (secondary N) is 1. The molecule has 0 heterocycles. The van der Waals surface area contributed by atoms with Crippen molar-refractivity contribution >= 4 is 0 Å². The molecule has 4 aliphatic rings. The fourth-order valence-corrected chi connectivity index (χ4v) is 6.00. The maximum Gasteiger partial charge on any atom is 0.0210 e. The van der Waals surface area contributed by atoms with Crippen molar-refractivity contribution in [3.63, 3.8) is 0 Å². The van der Waals surface area contributed by atoms with Crippen molar-refractivity contribution in [1.82, 2.24) is 5.32 Å². The molecule has 0 radical (unpaired) electrons. The van der Waals surface area contributed by atoms with Gasteiger partial charge in [0.2, 0.25) is 0 Å². The van der Waals surface area contributed by atoms with Crippen molar-refractivity contribution in [2.75, 3.05) is 0 Å². The fourth-order valence-electron chi connectivity index (χ4n) is 6.00. The second-order valence-electron chi connectivity index (χ2n) is 8.31. The van der Waals surface area contributed by atoms with Gasteiger partial charge in [-0.2, -0.15) is 0 Å². The Morgan fingerprint density at radius 1 is 1.05 bits per heavy atom. The molecule has 114 valence electrons. The number of aryl methyl sites for hydroxylation is 1. The summed E-state index contributed by atoms with van der Waals surface area (Å²) < 4.78 is 0. The van der Waals surface area contributed by atoms with Gasteiger partial charge < -0.3 is 5.32 Å². The summed E-state index contributed by atoms with van der Waals surface area (Å²) in [5.41, 5.74) is 3.51. The largest absolute Gasteiger partial charge is 0.310 e. The molecule has 21 heavy (non-hydrogen) atoms. The van der Waals surface area contributed by atoms with Gasteiger partial charge in [-0.1, -0.05) is 24.3 Å². The Bertz CT molecular complexity index is 483. The first kappa shape index (κ1) is 13.8. The average Bonchev–Trinajstić information content (AvgIpc) is 2.44. The molecule has 0 aromatic heterocycles. The van der Waals surface area contributed by atoms with E-state index in [9.17, 15) is 0 Å². The lowest BCUT2D eigenvalue weighted by Gasteiger charge is -2.59. The molecule has 4 saturated carbocycles. The molecular weight excluding hydrogens is 254 g/mol. The van der Waals surface area contributed by atoms with Gasteiger partial charge in [0.1, 0.15) is 0 Å². The van der Waals surface area contributed by atoms with Crippen LogP contribution in [-0.4, -0.2) is 6.04 Å². The summed E-state index contributed by atoms with van der Waals surface area (Å²) in [7, 11) is 0. The minimum absolute atomic E-state index is 0.622. The molecule has 1 aromatic carbocycles. The Balaban J connectivity index is 1.45. The Morgan fingerprint density at radius 2 is 1.62 bits per heavy atom. The van der Waals surface area contributed by atoms with Gasteiger partial charge in [-0.25, -0.2) is 0 Å². The van der Waals surface area contributed by atoms with Crippen molar-refractivity contribution < 1.29 is 0 Å². The molecule has 4 bridgehead atoms. The van der Waals surface area contributed by atoms with Crippen LogP contribution in [0.1, 0.15) is 56.6 Å². The molecule has 0 aliphatic heterocycles. The molecule has 1 heteroatoms. The van der Waals surface area contributed by atoms with E-state index in [1.807, 2.05) is 0 Å². The first-order chi connectivity index (χ1) is 10.1. The van der Waals surface area contributed by atoms with Crippen molar-refractivity contribution in [2.45, 2.75) is 65.0 Å². The Morgan fingerprint density at radius 3 is 2.19 bits per heavy atom. The smallest absolute Gasteiger partial charge is 0.0210 e. The van der Waals surface area contributed by atoms with E-state index in [0.29, 0.717) is 11.5 Å². The molecule has 1 N–H and O–H groups in total. The number of benzene rings is 1. The van der Waals surface area contributed by atoms with Crippen LogP contribution in [0.5, 0.6) is 0 Å². The highest BCUT2D eigenvalue weighted by atomic mass is 14.9. The van der Waals surface area contributed by atoms with Crippen LogP contribution >= 0.6 is 0 Å². The summed E-state index contributed by atoms with van der Waals surface area (Å²) in [6.45, 7) is 5.73. The Hall–Kier alpha value is -0.820. The van der Waals surface area contributed by atoms with Crippen LogP contribution in [0.15, 0.2) is 24.3 Å². The molecular formula is C20H29N. The Labute approximate surface area is 129 Å². The fraction of sp³-hybridized carbons (Fsp3) is 0.700.